The SMILES string of the molecule is COc1ccc(C(C)=O)cc1CSCC(=O)Nc1ccc(N2CCCCCC2)cc1. The maximum Gasteiger partial charge on any atom is 0.234 e. The van der Waals surface area contributed by atoms with Crippen molar-refractivity contribution in [3.8, 4) is 5.75 Å². The molecule has 2 aromatic carbocycles. The summed E-state index contributed by atoms with van der Waals surface area (Å²) in [7, 11) is 1.61. The summed E-state index contributed by atoms with van der Waals surface area (Å²) in [4.78, 5) is 26.4. The first-order valence-electron chi connectivity index (χ1n) is 10.5. The summed E-state index contributed by atoms with van der Waals surface area (Å²) in [5.41, 5.74) is 3.61. The van der Waals surface area contributed by atoms with E-state index in [2.05, 4.69) is 22.3 Å². The van der Waals surface area contributed by atoms with Crippen molar-refractivity contribution in [1.82, 2.24) is 0 Å². The molecule has 0 aliphatic carbocycles. The van der Waals surface area contributed by atoms with Gasteiger partial charge in [-0.05, 0) is 62.2 Å². The fraction of sp³-hybridized carbons (Fsp3) is 0.417. The number of ether oxygens (including phenoxy) is 1. The number of carbonyl (C=O) groups is 2. The number of rotatable bonds is 8. The zero-order chi connectivity index (χ0) is 21.3. The second-order valence-corrected chi connectivity index (χ2v) is 8.56. The van der Waals surface area contributed by atoms with Crippen LogP contribution in [0.3, 0.4) is 0 Å². The van der Waals surface area contributed by atoms with Gasteiger partial charge in [0.05, 0.1) is 12.9 Å². The van der Waals surface area contributed by atoms with E-state index >= 15 is 0 Å². The molecular weight excluding hydrogens is 396 g/mol. The Balaban J connectivity index is 1.50. The molecule has 2 aromatic rings. The van der Waals surface area contributed by atoms with Gasteiger partial charge in [0.25, 0.3) is 0 Å². The van der Waals surface area contributed by atoms with Gasteiger partial charge < -0.3 is 15.0 Å². The molecule has 0 unspecified atom stereocenters. The van der Waals surface area contributed by atoms with Crippen molar-refractivity contribution in [2.24, 2.45) is 0 Å². The highest BCUT2D eigenvalue weighted by molar-refractivity contribution is 7.99. The van der Waals surface area contributed by atoms with Crippen LogP contribution >= 0.6 is 11.8 Å². The largest absolute Gasteiger partial charge is 0.496 e. The Labute approximate surface area is 183 Å². The van der Waals surface area contributed by atoms with Crippen molar-refractivity contribution < 1.29 is 14.3 Å². The zero-order valence-corrected chi connectivity index (χ0v) is 18.6. The van der Waals surface area contributed by atoms with E-state index in [4.69, 9.17) is 4.74 Å². The molecule has 3 rings (SSSR count). The van der Waals surface area contributed by atoms with Crippen LogP contribution in [0.4, 0.5) is 11.4 Å². The topological polar surface area (TPSA) is 58.6 Å². The minimum atomic E-state index is -0.0378. The number of ketones is 1. The van der Waals surface area contributed by atoms with Gasteiger partial charge in [0, 0.05) is 41.3 Å². The maximum absolute atomic E-state index is 12.3. The standard InChI is InChI=1S/C24H30N2O3S/c1-18(27)19-7-12-23(29-2)20(15-19)16-30-17-24(28)25-21-8-10-22(11-9-21)26-13-5-3-4-6-14-26/h7-12,15H,3-6,13-14,16-17H2,1-2H3,(H,25,28). The minimum Gasteiger partial charge on any atom is -0.496 e. The Bertz CT molecular complexity index is 859. The summed E-state index contributed by atoms with van der Waals surface area (Å²) in [6.07, 6.45) is 5.12. The third-order valence-corrected chi connectivity index (χ3v) is 6.28. The van der Waals surface area contributed by atoms with Crippen molar-refractivity contribution in [3.05, 3.63) is 53.6 Å². The average Bonchev–Trinajstić information content (AvgIpc) is 3.04. The van der Waals surface area contributed by atoms with Gasteiger partial charge in [-0.25, -0.2) is 0 Å². The molecule has 1 N–H and O–H groups in total. The number of nitrogens with zero attached hydrogens (tertiary/aromatic N) is 1. The Morgan fingerprint density at radius 2 is 1.73 bits per heavy atom. The van der Waals surface area contributed by atoms with Crippen molar-refractivity contribution >= 4 is 34.8 Å². The van der Waals surface area contributed by atoms with E-state index in [0.717, 1.165) is 30.1 Å². The van der Waals surface area contributed by atoms with E-state index in [0.29, 0.717) is 17.1 Å². The van der Waals surface area contributed by atoms with E-state index in [1.807, 2.05) is 18.2 Å². The van der Waals surface area contributed by atoms with Gasteiger partial charge in [-0.2, -0.15) is 0 Å². The molecule has 6 heteroatoms. The van der Waals surface area contributed by atoms with E-state index < -0.39 is 0 Å². The highest BCUT2D eigenvalue weighted by atomic mass is 32.2. The van der Waals surface area contributed by atoms with Crippen LogP contribution in [0.25, 0.3) is 0 Å². The molecule has 5 nitrogen and oxygen atoms in total. The number of benzene rings is 2. The number of hydrogen-bond donors (Lipinski definition) is 1. The molecule has 0 saturated carbocycles. The summed E-state index contributed by atoms with van der Waals surface area (Å²) in [5.74, 6) is 1.65. The lowest BCUT2D eigenvalue weighted by atomic mass is 10.1. The number of Topliss-reactive ketones (excluding diaryl/α,β-unsaturated/α-hetero) is 1. The number of nitrogens with one attached hydrogen (secondary N) is 1. The van der Waals surface area contributed by atoms with Crippen molar-refractivity contribution in [2.45, 2.75) is 38.4 Å². The monoisotopic (exact) mass is 426 g/mol. The van der Waals surface area contributed by atoms with Gasteiger partial charge >= 0.3 is 0 Å². The molecule has 1 heterocycles. The molecule has 0 spiro atoms. The van der Waals surface area contributed by atoms with E-state index in [-0.39, 0.29) is 11.7 Å². The van der Waals surface area contributed by atoms with Gasteiger partial charge in [0.15, 0.2) is 5.78 Å². The third kappa shape index (κ3) is 6.26. The molecule has 1 aliphatic rings. The molecule has 0 atom stereocenters. The van der Waals surface area contributed by atoms with Crippen LogP contribution < -0.4 is 15.0 Å². The van der Waals surface area contributed by atoms with E-state index in [1.165, 1.54) is 43.1 Å². The quantitative estimate of drug-likeness (QED) is 0.592. The first kappa shape index (κ1) is 22.2. The smallest absolute Gasteiger partial charge is 0.234 e. The summed E-state index contributed by atoms with van der Waals surface area (Å²) in [6.45, 7) is 3.76. The first-order valence-corrected chi connectivity index (χ1v) is 11.6. The lowest BCUT2D eigenvalue weighted by Gasteiger charge is -2.22. The Morgan fingerprint density at radius 1 is 1.03 bits per heavy atom. The number of anilines is 2. The molecule has 1 aliphatic heterocycles. The molecule has 160 valence electrons. The lowest BCUT2D eigenvalue weighted by molar-refractivity contribution is -0.113. The molecule has 1 saturated heterocycles. The Kier molecular flexibility index (Phi) is 8.20. The number of amides is 1. The second kappa shape index (κ2) is 11.1. The average molecular weight is 427 g/mol. The van der Waals surface area contributed by atoms with Crippen LogP contribution in [-0.2, 0) is 10.5 Å². The fourth-order valence-corrected chi connectivity index (χ4v) is 4.45. The second-order valence-electron chi connectivity index (χ2n) is 7.57. The normalized spacial score (nSPS) is 14.1. The summed E-state index contributed by atoms with van der Waals surface area (Å²) in [6, 6.07) is 13.5. The molecule has 1 amide bonds. The number of methoxy groups -OCH3 is 1. The molecule has 1 fully saturated rings. The number of hydrogen-bond acceptors (Lipinski definition) is 5. The van der Waals surface area contributed by atoms with Gasteiger partial charge in [0.1, 0.15) is 5.75 Å². The Morgan fingerprint density at radius 3 is 2.37 bits per heavy atom. The highest BCUT2D eigenvalue weighted by Crippen LogP contribution is 2.25. The first-order chi connectivity index (χ1) is 14.6. The van der Waals surface area contributed by atoms with Crippen LogP contribution in [0.1, 0.15) is 48.5 Å². The third-order valence-electron chi connectivity index (χ3n) is 5.30. The molecule has 0 aromatic heterocycles. The van der Waals surface area contributed by atoms with E-state index in [1.54, 1.807) is 26.2 Å². The van der Waals surface area contributed by atoms with Crippen LogP contribution in [0.5, 0.6) is 5.75 Å². The van der Waals surface area contributed by atoms with Crippen LogP contribution in [0.15, 0.2) is 42.5 Å². The van der Waals surface area contributed by atoms with E-state index in [9.17, 15) is 9.59 Å². The highest BCUT2D eigenvalue weighted by Gasteiger charge is 2.11. The predicted molar refractivity (Wildman–Crippen MR) is 125 cm³/mol. The maximum atomic E-state index is 12.3. The Hall–Kier alpha value is -2.47. The molecule has 0 radical (unpaired) electrons. The lowest BCUT2D eigenvalue weighted by Crippen LogP contribution is -2.23. The number of thioether (sulfide) groups is 1. The van der Waals surface area contributed by atoms with Crippen LogP contribution in [0, 0.1) is 0 Å². The minimum absolute atomic E-state index is 0.0188. The van der Waals surface area contributed by atoms with Crippen molar-refractivity contribution in [2.75, 3.05) is 36.2 Å². The number of carbonyl (C=O) groups excluding carboxylic acids is 2. The molecule has 30 heavy (non-hydrogen) atoms. The summed E-state index contributed by atoms with van der Waals surface area (Å²) >= 11 is 1.50. The van der Waals surface area contributed by atoms with Crippen molar-refractivity contribution in [3.63, 3.8) is 0 Å². The fourth-order valence-electron chi connectivity index (χ4n) is 3.65. The summed E-state index contributed by atoms with van der Waals surface area (Å²) in [5, 5.41) is 2.97. The van der Waals surface area contributed by atoms with Gasteiger partial charge in [0.2, 0.25) is 5.91 Å². The van der Waals surface area contributed by atoms with Gasteiger partial charge in [-0.15, -0.1) is 11.8 Å². The van der Waals surface area contributed by atoms with Crippen molar-refractivity contribution in [1.29, 1.82) is 0 Å². The van der Waals surface area contributed by atoms with Crippen LogP contribution in [-0.4, -0.2) is 37.6 Å². The van der Waals surface area contributed by atoms with Gasteiger partial charge in [-0.1, -0.05) is 12.8 Å². The molecular formula is C24H30N2O3S. The van der Waals surface area contributed by atoms with Crippen LogP contribution in [0.2, 0.25) is 0 Å². The summed E-state index contributed by atoms with van der Waals surface area (Å²) < 4.78 is 5.37. The predicted octanol–water partition coefficient (Wildman–Crippen LogP) is 5.15. The zero-order valence-electron chi connectivity index (χ0n) is 17.8. The van der Waals surface area contributed by atoms with Gasteiger partial charge in [-0.3, -0.25) is 9.59 Å². The molecule has 0 bridgehead atoms.